The maximum absolute atomic E-state index is 12.4. The van der Waals surface area contributed by atoms with Crippen LogP contribution in [-0.2, 0) is 16.1 Å². The average Bonchev–Trinajstić information content (AvgIpc) is 3.14. The Morgan fingerprint density at radius 1 is 1.09 bits per heavy atom. The normalized spacial score (nSPS) is 23.1. The van der Waals surface area contributed by atoms with Gasteiger partial charge < -0.3 is 15.0 Å². The first kappa shape index (κ1) is 25.6. The summed E-state index contributed by atoms with van der Waals surface area (Å²) < 4.78 is 5.11. The zero-order chi connectivity index (χ0) is 24.9. The van der Waals surface area contributed by atoms with E-state index < -0.39 is 11.9 Å². The molecule has 4 aliphatic rings. The number of ether oxygens (including phenoxy) is 1. The molecule has 3 fully saturated rings. The Kier molecular flexibility index (Phi) is 8.44. The molecule has 192 valence electrons. The van der Waals surface area contributed by atoms with Crippen molar-refractivity contribution in [3.8, 4) is 5.75 Å². The molecule has 0 spiro atoms. The van der Waals surface area contributed by atoms with E-state index in [4.69, 9.17) is 4.74 Å². The Bertz CT molecular complexity index is 924. The standard InChI is InChI=1S/C14H14N2O4.C13H26N2/c1-20-9-3-2-8-7-16(14(19)10(8)6-9)11-4-5-12(17)15-13(11)18;1-11(2)15(13-4-3-5-13)10-12-6-8-14-9-7-12/h2-3,6,11H,4-5,7H2,1H3,(H,15,17,18);11-14H,3-10H2,1-2H3. The molecule has 0 aromatic heterocycles. The molecular weight excluding hydrogens is 444 g/mol. The first-order valence-electron chi connectivity index (χ1n) is 13.2. The van der Waals surface area contributed by atoms with Gasteiger partial charge in [0.15, 0.2) is 0 Å². The third-order valence-corrected chi connectivity index (χ3v) is 7.87. The molecule has 1 aromatic rings. The van der Waals surface area contributed by atoms with Crippen molar-refractivity contribution in [3.63, 3.8) is 0 Å². The van der Waals surface area contributed by atoms with Crippen LogP contribution >= 0.6 is 0 Å². The second-order valence-corrected chi connectivity index (χ2v) is 10.5. The Morgan fingerprint density at radius 2 is 1.83 bits per heavy atom. The fourth-order valence-corrected chi connectivity index (χ4v) is 5.52. The molecular formula is C27H40N4O4. The van der Waals surface area contributed by atoms with Crippen LogP contribution in [0.25, 0.3) is 0 Å². The number of rotatable bonds is 6. The summed E-state index contributed by atoms with van der Waals surface area (Å²) >= 11 is 0. The van der Waals surface area contributed by atoms with Crippen LogP contribution in [-0.4, -0.2) is 72.4 Å². The Balaban J connectivity index is 0.000000172. The first-order chi connectivity index (χ1) is 16.9. The molecule has 1 atom stereocenters. The minimum atomic E-state index is -0.571. The van der Waals surface area contributed by atoms with E-state index >= 15 is 0 Å². The summed E-state index contributed by atoms with van der Waals surface area (Å²) in [5.74, 6) is 0.705. The third-order valence-electron chi connectivity index (χ3n) is 7.87. The minimum Gasteiger partial charge on any atom is -0.497 e. The summed E-state index contributed by atoms with van der Waals surface area (Å²) in [5.41, 5.74) is 1.44. The van der Waals surface area contributed by atoms with E-state index in [-0.39, 0.29) is 18.2 Å². The minimum absolute atomic E-state index is 0.187. The maximum Gasteiger partial charge on any atom is 0.255 e. The first-order valence-corrected chi connectivity index (χ1v) is 13.2. The Hall–Kier alpha value is -2.45. The van der Waals surface area contributed by atoms with E-state index in [1.807, 2.05) is 6.07 Å². The molecule has 1 saturated carbocycles. The molecule has 3 heterocycles. The third kappa shape index (κ3) is 6.04. The van der Waals surface area contributed by atoms with Gasteiger partial charge in [0.25, 0.3) is 5.91 Å². The summed E-state index contributed by atoms with van der Waals surface area (Å²) in [6.45, 7) is 8.94. The van der Waals surface area contributed by atoms with Crippen molar-refractivity contribution in [2.24, 2.45) is 5.92 Å². The van der Waals surface area contributed by atoms with Crippen LogP contribution in [0.5, 0.6) is 5.75 Å². The van der Waals surface area contributed by atoms with Gasteiger partial charge in [-0.1, -0.05) is 12.5 Å². The van der Waals surface area contributed by atoms with Crippen LogP contribution in [0.2, 0.25) is 0 Å². The summed E-state index contributed by atoms with van der Waals surface area (Å²) in [4.78, 5) is 39.7. The van der Waals surface area contributed by atoms with Gasteiger partial charge in [0.05, 0.1) is 7.11 Å². The van der Waals surface area contributed by atoms with Crippen LogP contribution in [0.15, 0.2) is 18.2 Å². The SMILES string of the molecule is CC(C)N(CC1CCNCC1)C1CCC1.COc1ccc2c(c1)C(=O)N(C1CCC(=O)NC1=O)C2. The largest absolute Gasteiger partial charge is 0.497 e. The van der Waals surface area contributed by atoms with Gasteiger partial charge in [-0.2, -0.15) is 0 Å². The lowest BCUT2D eigenvalue weighted by Gasteiger charge is -2.42. The van der Waals surface area contributed by atoms with E-state index in [9.17, 15) is 14.4 Å². The number of methoxy groups -OCH3 is 1. The van der Waals surface area contributed by atoms with Gasteiger partial charge in [-0.3, -0.25) is 24.6 Å². The highest BCUT2D eigenvalue weighted by atomic mass is 16.5. The molecule has 1 aromatic carbocycles. The highest BCUT2D eigenvalue weighted by Gasteiger charge is 2.39. The molecule has 3 amide bonds. The number of piperidine rings is 2. The van der Waals surface area contributed by atoms with E-state index in [0.29, 0.717) is 24.3 Å². The van der Waals surface area contributed by atoms with Crippen LogP contribution in [0.3, 0.4) is 0 Å². The van der Waals surface area contributed by atoms with Gasteiger partial charge >= 0.3 is 0 Å². The van der Waals surface area contributed by atoms with Crippen molar-refractivity contribution >= 4 is 17.7 Å². The lowest BCUT2D eigenvalue weighted by atomic mass is 9.88. The van der Waals surface area contributed by atoms with Crippen LogP contribution in [0, 0.1) is 5.92 Å². The van der Waals surface area contributed by atoms with E-state index in [2.05, 4.69) is 29.4 Å². The molecule has 1 unspecified atom stereocenters. The van der Waals surface area contributed by atoms with Gasteiger partial charge in [0.1, 0.15) is 11.8 Å². The topological polar surface area (TPSA) is 91.0 Å². The van der Waals surface area contributed by atoms with E-state index in [1.54, 1.807) is 19.2 Å². The van der Waals surface area contributed by atoms with Crippen molar-refractivity contribution in [1.29, 1.82) is 0 Å². The van der Waals surface area contributed by atoms with Crippen LogP contribution in [0.1, 0.15) is 74.7 Å². The maximum atomic E-state index is 12.4. The molecule has 0 bridgehead atoms. The molecule has 2 N–H and O–H groups in total. The van der Waals surface area contributed by atoms with Gasteiger partial charge in [-0.05, 0) is 82.7 Å². The number of carbonyl (C=O) groups is 3. The van der Waals surface area contributed by atoms with Crippen molar-refractivity contribution < 1.29 is 19.1 Å². The highest BCUT2D eigenvalue weighted by molar-refractivity contribution is 6.05. The second kappa shape index (κ2) is 11.5. The summed E-state index contributed by atoms with van der Waals surface area (Å²) in [6.07, 6.45) is 7.76. The zero-order valence-electron chi connectivity index (χ0n) is 21.3. The molecule has 8 nitrogen and oxygen atoms in total. The van der Waals surface area contributed by atoms with Gasteiger partial charge in [-0.25, -0.2) is 0 Å². The average molecular weight is 485 g/mol. The quantitative estimate of drug-likeness (QED) is 0.604. The number of hydrogen-bond acceptors (Lipinski definition) is 6. The Labute approximate surface area is 208 Å². The molecule has 0 radical (unpaired) electrons. The summed E-state index contributed by atoms with van der Waals surface area (Å²) in [7, 11) is 1.54. The fourth-order valence-electron chi connectivity index (χ4n) is 5.52. The molecule has 8 heteroatoms. The van der Waals surface area contributed by atoms with Gasteiger partial charge in [-0.15, -0.1) is 0 Å². The van der Waals surface area contributed by atoms with Crippen molar-refractivity contribution in [2.45, 2.75) is 83.5 Å². The summed E-state index contributed by atoms with van der Waals surface area (Å²) in [6, 6.07) is 6.39. The predicted molar refractivity (Wildman–Crippen MR) is 134 cm³/mol. The van der Waals surface area contributed by atoms with Gasteiger partial charge in [0.2, 0.25) is 11.8 Å². The predicted octanol–water partition coefficient (Wildman–Crippen LogP) is 2.71. The van der Waals surface area contributed by atoms with E-state index in [1.165, 1.54) is 56.6 Å². The highest BCUT2D eigenvalue weighted by Crippen LogP contribution is 2.30. The number of amides is 3. The van der Waals surface area contributed by atoms with Crippen LogP contribution in [0.4, 0.5) is 0 Å². The number of imide groups is 1. The number of fused-ring (bicyclic) bond motifs is 1. The molecule has 5 rings (SSSR count). The lowest BCUT2D eigenvalue weighted by molar-refractivity contribution is -0.136. The van der Waals surface area contributed by atoms with Gasteiger partial charge in [0, 0.05) is 37.2 Å². The number of hydrogen-bond donors (Lipinski definition) is 2. The van der Waals surface area contributed by atoms with Crippen molar-refractivity contribution in [3.05, 3.63) is 29.3 Å². The van der Waals surface area contributed by atoms with Crippen LogP contribution < -0.4 is 15.4 Å². The number of nitrogens with zero attached hydrogens (tertiary/aromatic N) is 2. The monoisotopic (exact) mass is 484 g/mol. The molecule has 3 aliphatic heterocycles. The lowest BCUT2D eigenvalue weighted by Crippen LogP contribution is -2.52. The zero-order valence-corrected chi connectivity index (χ0v) is 21.3. The number of benzene rings is 1. The van der Waals surface area contributed by atoms with Crippen molar-refractivity contribution in [2.75, 3.05) is 26.7 Å². The molecule has 35 heavy (non-hydrogen) atoms. The smallest absolute Gasteiger partial charge is 0.255 e. The second-order valence-electron chi connectivity index (χ2n) is 10.5. The van der Waals surface area contributed by atoms with E-state index in [0.717, 1.165) is 23.6 Å². The fraction of sp³-hybridized carbons (Fsp3) is 0.667. The Morgan fingerprint density at radius 3 is 2.43 bits per heavy atom. The summed E-state index contributed by atoms with van der Waals surface area (Å²) in [5, 5.41) is 5.74. The number of nitrogens with one attached hydrogen (secondary N) is 2. The number of carbonyl (C=O) groups excluding carboxylic acids is 3. The van der Waals surface area contributed by atoms with Crippen molar-refractivity contribution in [1.82, 2.24) is 20.4 Å². The molecule has 2 saturated heterocycles. The molecule has 1 aliphatic carbocycles.